The number of hydrogen-bond acceptors (Lipinski definition) is 2. The zero-order chi connectivity index (χ0) is 10.8. The van der Waals surface area contributed by atoms with Gasteiger partial charge in [-0.2, -0.15) is 13.2 Å². The van der Waals surface area contributed by atoms with Gasteiger partial charge >= 0.3 is 6.18 Å². The Kier molecular flexibility index (Phi) is 3.78. The van der Waals surface area contributed by atoms with Gasteiger partial charge in [-0.05, 0) is 32.9 Å². The monoisotopic (exact) mass is 210 g/mol. The second-order valence-corrected chi connectivity index (χ2v) is 4.10. The van der Waals surface area contributed by atoms with Crippen LogP contribution in [0.3, 0.4) is 0 Å². The van der Waals surface area contributed by atoms with Crippen molar-refractivity contribution in [2.75, 3.05) is 26.7 Å². The van der Waals surface area contributed by atoms with E-state index >= 15 is 0 Å². The molecule has 5 heteroatoms. The molecule has 2 atom stereocenters. The third-order valence-electron chi connectivity index (χ3n) is 2.68. The fourth-order valence-corrected chi connectivity index (χ4v) is 1.93. The Hall–Kier alpha value is -0.290. The van der Waals surface area contributed by atoms with E-state index in [4.69, 9.17) is 0 Å². The van der Waals surface area contributed by atoms with E-state index in [1.165, 1.54) is 11.9 Å². The Bertz CT molecular complexity index is 181. The van der Waals surface area contributed by atoms with Crippen molar-refractivity contribution in [3.63, 3.8) is 0 Å². The van der Waals surface area contributed by atoms with E-state index in [-0.39, 0.29) is 0 Å². The molecule has 1 aliphatic heterocycles. The highest BCUT2D eigenvalue weighted by atomic mass is 19.4. The van der Waals surface area contributed by atoms with Gasteiger partial charge < -0.3 is 5.32 Å². The van der Waals surface area contributed by atoms with E-state index < -0.39 is 12.7 Å². The first-order chi connectivity index (χ1) is 6.38. The van der Waals surface area contributed by atoms with Gasteiger partial charge in [0.25, 0.3) is 0 Å². The van der Waals surface area contributed by atoms with Crippen molar-refractivity contribution < 1.29 is 13.2 Å². The van der Waals surface area contributed by atoms with Crippen LogP contribution in [0.5, 0.6) is 0 Å². The lowest BCUT2D eigenvalue weighted by atomic mass is 10.0. The summed E-state index contributed by atoms with van der Waals surface area (Å²) in [4.78, 5) is 1.36. The molecule has 14 heavy (non-hydrogen) atoms. The molecule has 1 fully saturated rings. The Morgan fingerprint density at radius 2 is 2.07 bits per heavy atom. The van der Waals surface area contributed by atoms with Gasteiger partial charge in [-0.3, -0.25) is 4.90 Å². The largest absolute Gasteiger partial charge is 0.401 e. The lowest BCUT2D eigenvalue weighted by Gasteiger charge is -2.24. The number of nitrogens with one attached hydrogen (secondary N) is 1. The molecule has 0 spiro atoms. The van der Waals surface area contributed by atoms with Crippen molar-refractivity contribution in [2.45, 2.75) is 25.6 Å². The molecule has 2 nitrogen and oxygen atoms in total. The van der Waals surface area contributed by atoms with E-state index in [0.29, 0.717) is 18.5 Å². The lowest BCUT2D eigenvalue weighted by Crippen LogP contribution is -2.37. The predicted octanol–water partition coefficient (Wildman–Crippen LogP) is 1.48. The van der Waals surface area contributed by atoms with Crippen molar-refractivity contribution in [2.24, 2.45) is 5.92 Å². The second-order valence-electron chi connectivity index (χ2n) is 4.10. The average molecular weight is 210 g/mol. The molecule has 0 aromatic rings. The van der Waals surface area contributed by atoms with Crippen molar-refractivity contribution in [1.29, 1.82) is 0 Å². The maximum absolute atomic E-state index is 12.0. The summed E-state index contributed by atoms with van der Waals surface area (Å²) in [5, 5.41) is 3.23. The standard InChI is InChI=1S/C9H17F3N2/c1-7-8(3-4-13-7)5-14(2)6-9(10,11)12/h7-8,13H,3-6H2,1-2H3. The third-order valence-corrected chi connectivity index (χ3v) is 2.68. The minimum absolute atomic E-state index is 0.339. The molecule has 1 N–H and O–H groups in total. The molecular formula is C9H17F3N2. The molecule has 84 valence electrons. The smallest absolute Gasteiger partial charge is 0.314 e. The fourth-order valence-electron chi connectivity index (χ4n) is 1.93. The fraction of sp³-hybridized carbons (Fsp3) is 1.00. The van der Waals surface area contributed by atoms with E-state index in [1.54, 1.807) is 0 Å². The van der Waals surface area contributed by atoms with Crippen LogP contribution in [-0.2, 0) is 0 Å². The molecule has 0 bridgehead atoms. The Morgan fingerprint density at radius 3 is 2.50 bits per heavy atom. The highest BCUT2D eigenvalue weighted by Gasteiger charge is 2.31. The number of nitrogens with zero attached hydrogens (tertiary/aromatic N) is 1. The van der Waals surface area contributed by atoms with Crippen LogP contribution in [0.1, 0.15) is 13.3 Å². The van der Waals surface area contributed by atoms with Gasteiger partial charge in [0.2, 0.25) is 0 Å². The maximum atomic E-state index is 12.0. The molecular weight excluding hydrogens is 193 g/mol. The summed E-state index contributed by atoms with van der Waals surface area (Å²) in [6.45, 7) is 2.66. The Labute approximate surface area is 82.5 Å². The minimum Gasteiger partial charge on any atom is -0.314 e. The average Bonchev–Trinajstić information content (AvgIpc) is 2.32. The van der Waals surface area contributed by atoms with E-state index in [1.807, 2.05) is 6.92 Å². The van der Waals surface area contributed by atoms with Gasteiger partial charge in [-0.25, -0.2) is 0 Å². The van der Waals surface area contributed by atoms with Gasteiger partial charge in [0, 0.05) is 12.6 Å². The topological polar surface area (TPSA) is 15.3 Å². The highest BCUT2D eigenvalue weighted by molar-refractivity contribution is 4.82. The molecule has 0 aromatic heterocycles. The first kappa shape index (κ1) is 11.8. The van der Waals surface area contributed by atoms with E-state index in [2.05, 4.69) is 5.32 Å². The first-order valence-electron chi connectivity index (χ1n) is 4.87. The van der Waals surface area contributed by atoms with Crippen LogP contribution in [0.2, 0.25) is 0 Å². The van der Waals surface area contributed by atoms with E-state index in [0.717, 1.165) is 13.0 Å². The number of rotatable bonds is 3. The number of alkyl halides is 3. The minimum atomic E-state index is -4.08. The molecule has 0 aromatic carbocycles. The zero-order valence-electron chi connectivity index (χ0n) is 8.56. The Morgan fingerprint density at radius 1 is 1.43 bits per heavy atom. The summed E-state index contributed by atoms with van der Waals surface area (Å²) in [6, 6.07) is 0.339. The quantitative estimate of drug-likeness (QED) is 0.759. The summed E-state index contributed by atoms with van der Waals surface area (Å²) in [5.41, 5.74) is 0. The van der Waals surface area contributed by atoms with Gasteiger partial charge in [0.05, 0.1) is 6.54 Å². The summed E-state index contributed by atoms with van der Waals surface area (Å²) in [7, 11) is 1.53. The molecule has 0 radical (unpaired) electrons. The molecule has 0 amide bonds. The van der Waals surface area contributed by atoms with E-state index in [9.17, 15) is 13.2 Å². The lowest BCUT2D eigenvalue weighted by molar-refractivity contribution is -0.144. The summed E-state index contributed by atoms with van der Waals surface area (Å²) in [6.07, 6.45) is -3.10. The number of hydrogen-bond donors (Lipinski definition) is 1. The van der Waals surface area contributed by atoms with Crippen molar-refractivity contribution in [3.05, 3.63) is 0 Å². The van der Waals surface area contributed by atoms with Crippen molar-refractivity contribution in [1.82, 2.24) is 10.2 Å². The molecule has 1 aliphatic rings. The highest BCUT2D eigenvalue weighted by Crippen LogP contribution is 2.19. The van der Waals surface area contributed by atoms with Crippen LogP contribution in [-0.4, -0.2) is 43.8 Å². The predicted molar refractivity (Wildman–Crippen MR) is 49.1 cm³/mol. The summed E-state index contributed by atoms with van der Waals surface area (Å²) in [5.74, 6) is 0.349. The summed E-state index contributed by atoms with van der Waals surface area (Å²) >= 11 is 0. The normalized spacial score (nSPS) is 28.7. The van der Waals surface area contributed by atoms with Crippen LogP contribution >= 0.6 is 0 Å². The van der Waals surface area contributed by atoms with Crippen LogP contribution in [0.4, 0.5) is 13.2 Å². The van der Waals surface area contributed by atoms with Crippen molar-refractivity contribution >= 4 is 0 Å². The number of halogens is 3. The third kappa shape index (κ3) is 3.84. The molecule has 1 saturated heterocycles. The molecule has 1 rings (SSSR count). The molecule has 1 heterocycles. The van der Waals surface area contributed by atoms with Crippen LogP contribution in [0.25, 0.3) is 0 Å². The molecule has 0 saturated carbocycles. The SMILES string of the molecule is CC1NCCC1CN(C)CC(F)(F)F. The second kappa shape index (κ2) is 4.49. The molecule has 0 aliphatic carbocycles. The zero-order valence-corrected chi connectivity index (χ0v) is 8.56. The summed E-state index contributed by atoms with van der Waals surface area (Å²) < 4.78 is 36.1. The van der Waals surface area contributed by atoms with Crippen LogP contribution in [0.15, 0.2) is 0 Å². The van der Waals surface area contributed by atoms with Crippen molar-refractivity contribution in [3.8, 4) is 0 Å². The van der Waals surface area contributed by atoms with Gasteiger partial charge in [-0.1, -0.05) is 0 Å². The first-order valence-corrected chi connectivity index (χ1v) is 4.87. The van der Waals surface area contributed by atoms with Gasteiger partial charge in [0.1, 0.15) is 0 Å². The van der Waals surface area contributed by atoms with Gasteiger partial charge in [0.15, 0.2) is 0 Å². The van der Waals surface area contributed by atoms with Crippen LogP contribution in [0, 0.1) is 5.92 Å². The molecule has 2 unspecified atom stereocenters. The maximum Gasteiger partial charge on any atom is 0.401 e. The Balaban J connectivity index is 2.29. The van der Waals surface area contributed by atoms with Gasteiger partial charge in [-0.15, -0.1) is 0 Å². The van der Waals surface area contributed by atoms with Crippen LogP contribution < -0.4 is 5.32 Å².